The molecule has 2 aromatic heterocycles. The molecule has 0 unspecified atom stereocenters. The van der Waals surface area contributed by atoms with Gasteiger partial charge in [0, 0.05) is 12.1 Å². The first-order valence-corrected chi connectivity index (χ1v) is 10.0. The molecule has 0 aliphatic rings. The van der Waals surface area contributed by atoms with Gasteiger partial charge in [0.25, 0.3) is 5.22 Å². The lowest BCUT2D eigenvalue weighted by molar-refractivity contribution is -0.129. The lowest BCUT2D eigenvalue weighted by Crippen LogP contribution is -2.32. The lowest BCUT2D eigenvalue weighted by atomic mass is 10.2. The Bertz CT molecular complexity index is 948. The molecule has 0 saturated heterocycles. The van der Waals surface area contributed by atoms with Gasteiger partial charge < -0.3 is 18.5 Å². The fourth-order valence-corrected chi connectivity index (χ4v) is 3.19. The van der Waals surface area contributed by atoms with Crippen LogP contribution in [0, 0.1) is 11.3 Å². The molecule has 0 aliphatic carbocycles. The summed E-state index contributed by atoms with van der Waals surface area (Å²) in [6, 6.07) is 13.0. The Morgan fingerprint density at radius 3 is 2.79 bits per heavy atom. The van der Waals surface area contributed by atoms with E-state index in [2.05, 4.69) is 16.3 Å². The van der Waals surface area contributed by atoms with Gasteiger partial charge >= 0.3 is 0 Å². The number of ether oxygens (including phenoxy) is 1. The van der Waals surface area contributed by atoms with Crippen LogP contribution < -0.4 is 4.74 Å². The highest BCUT2D eigenvalue weighted by Crippen LogP contribution is 2.25. The summed E-state index contributed by atoms with van der Waals surface area (Å²) in [5, 5.41) is 17.2. The average molecular weight is 412 g/mol. The summed E-state index contributed by atoms with van der Waals surface area (Å²) >= 11 is 1.16. The maximum absolute atomic E-state index is 12.6. The quantitative estimate of drug-likeness (QED) is 0.464. The molecule has 3 aromatic rings. The predicted octanol–water partition coefficient (Wildman–Crippen LogP) is 3.76. The summed E-state index contributed by atoms with van der Waals surface area (Å²) < 4.78 is 16.4. The van der Waals surface area contributed by atoms with Crippen molar-refractivity contribution in [3.05, 3.63) is 48.4 Å². The van der Waals surface area contributed by atoms with E-state index in [4.69, 9.17) is 18.8 Å². The lowest BCUT2D eigenvalue weighted by Gasteiger charge is -2.19. The molecule has 1 amide bonds. The Balaban J connectivity index is 1.58. The molecular weight excluding hydrogens is 392 g/mol. The topological polar surface area (TPSA) is 105 Å². The molecule has 3 rings (SSSR count). The first-order chi connectivity index (χ1) is 14.2. The molecular formula is C20H20N4O4S. The number of furan rings is 1. The van der Waals surface area contributed by atoms with E-state index < -0.39 is 0 Å². The zero-order chi connectivity index (χ0) is 20.5. The second-order valence-electron chi connectivity index (χ2n) is 5.92. The number of thioether (sulfide) groups is 1. The number of rotatable bonds is 10. The minimum absolute atomic E-state index is 0.122. The zero-order valence-corrected chi connectivity index (χ0v) is 16.7. The van der Waals surface area contributed by atoms with E-state index in [-0.39, 0.29) is 18.1 Å². The summed E-state index contributed by atoms with van der Waals surface area (Å²) in [5.74, 6) is 1.79. The molecule has 0 fully saturated rings. The predicted molar refractivity (Wildman–Crippen MR) is 106 cm³/mol. The molecule has 0 N–H and O–H groups in total. The number of nitrogens with zero attached hydrogens (tertiary/aromatic N) is 4. The van der Waals surface area contributed by atoms with Gasteiger partial charge in [0.1, 0.15) is 11.5 Å². The molecule has 2 heterocycles. The smallest absolute Gasteiger partial charge is 0.277 e. The Kier molecular flexibility index (Phi) is 7.30. The first kappa shape index (κ1) is 20.5. The summed E-state index contributed by atoms with van der Waals surface area (Å²) in [7, 11) is 0. The number of hydrogen-bond donors (Lipinski definition) is 0. The maximum atomic E-state index is 12.6. The van der Waals surface area contributed by atoms with Gasteiger partial charge in [-0.3, -0.25) is 4.79 Å². The zero-order valence-electron chi connectivity index (χ0n) is 15.9. The third-order valence-electron chi connectivity index (χ3n) is 3.91. The average Bonchev–Trinajstić information content (AvgIpc) is 3.42. The van der Waals surface area contributed by atoms with E-state index in [0.29, 0.717) is 36.6 Å². The second-order valence-corrected chi connectivity index (χ2v) is 6.85. The van der Waals surface area contributed by atoms with Crippen molar-refractivity contribution in [2.24, 2.45) is 0 Å². The van der Waals surface area contributed by atoms with Gasteiger partial charge in [-0.25, -0.2) is 0 Å². The van der Waals surface area contributed by atoms with Crippen LogP contribution in [-0.4, -0.2) is 39.9 Å². The van der Waals surface area contributed by atoms with Crippen LogP contribution in [0.3, 0.4) is 0 Å². The van der Waals surface area contributed by atoms with Gasteiger partial charge in [-0.15, -0.1) is 10.2 Å². The highest BCUT2D eigenvalue weighted by molar-refractivity contribution is 7.99. The Labute approximate surface area is 172 Å². The molecule has 0 aliphatic heterocycles. The molecule has 0 radical (unpaired) electrons. The van der Waals surface area contributed by atoms with Gasteiger partial charge in [0.2, 0.25) is 11.8 Å². The molecule has 29 heavy (non-hydrogen) atoms. The van der Waals surface area contributed by atoms with E-state index in [1.165, 1.54) is 0 Å². The van der Waals surface area contributed by atoms with E-state index in [1.807, 2.05) is 31.2 Å². The maximum Gasteiger partial charge on any atom is 0.277 e. The van der Waals surface area contributed by atoms with Crippen molar-refractivity contribution < 1.29 is 18.4 Å². The molecule has 1 aromatic carbocycles. The Morgan fingerprint density at radius 1 is 1.28 bits per heavy atom. The summed E-state index contributed by atoms with van der Waals surface area (Å²) in [6.45, 7) is 3.17. The van der Waals surface area contributed by atoms with Crippen molar-refractivity contribution in [3.63, 3.8) is 0 Å². The third kappa shape index (κ3) is 5.86. The number of aromatic nitrogens is 2. The SMILES string of the molecule is CCOc1ccc(-c2nnc(SCC(=O)N(CCC#N)Cc3ccco3)o2)cc1. The fourth-order valence-electron chi connectivity index (χ4n) is 2.53. The monoisotopic (exact) mass is 412 g/mol. The van der Waals surface area contributed by atoms with E-state index >= 15 is 0 Å². The number of nitriles is 1. The largest absolute Gasteiger partial charge is 0.494 e. The number of hydrogen-bond acceptors (Lipinski definition) is 8. The van der Waals surface area contributed by atoms with Crippen molar-refractivity contribution in [1.82, 2.24) is 15.1 Å². The van der Waals surface area contributed by atoms with Gasteiger partial charge in [-0.1, -0.05) is 11.8 Å². The molecule has 8 nitrogen and oxygen atoms in total. The van der Waals surface area contributed by atoms with E-state index in [0.717, 1.165) is 23.1 Å². The number of carbonyl (C=O) groups excluding carboxylic acids is 1. The van der Waals surface area contributed by atoms with Crippen molar-refractivity contribution >= 4 is 17.7 Å². The van der Waals surface area contributed by atoms with Crippen molar-refractivity contribution in [2.45, 2.75) is 25.1 Å². The van der Waals surface area contributed by atoms with Crippen molar-refractivity contribution in [2.75, 3.05) is 18.9 Å². The molecule has 9 heteroatoms. The third-order valence-corrected chi connectivity index (χ3v) is 4.71. The number of carbonyl (C=O) groups is 1. The van der Waals surface area contributed by atoms with Crippen LogP contribution in [0.1, 0.15) is 19.1 Å². The molecule has 0 saturated carbocycles. The fraction of sp³-hybridized carbons (Fsp3) is 0.300. The van der Waals surface area contributed by atoms with Gasteiger partial charge in [-0.05, 0) is 43.3 Å². The highest BCUT2D eigenvalue weighted by Gasteiger charge is 2.17. The summed E-state index contributed by atoms with van der Waals surface area (Å²) in [4.78, 5) is 14.2. The first-order valence-electron chi connectivity index (χ1n) is 9.06. The van der Waals surface area contributed by atoms with Crippen LogP contribution in [0.5, 0.6) is 5.75 Å². The normalized spacial score (nSPS) is 10.5. The number of amides is 1. The summed E-state index contributed by atoms with van der Waals surface area (Å²) in [5.41, 5.74) is 0.771. The van der Waals surface area contributed by atoms with Crippen LogP contribution in [-0.2, 0) is 11.3 Å². The van der Waals surface area contributed by atoms with Crippen LogP contribution in [0.2, 0.25) is 0 Å². The van der Waals surface area contributed by atoms with Gasteiger partial charge in [0.05, 0.1) is 37.7 Å². The second kappa shape index (κ2) is 10.3. The summed E-state index contributed by atoms with van der Waals surface area (Å²) in [6.07, 6.45) is 1.80. The molecule has 0 spiro atoms. The van der Waals surface area contributed by atoms with E-state index in [9.17, 15) is 4.79 Å². The van der Waals surface area contributed by atoms with E-state index in [1.54, 1.807) is 23.3 Å². The Hall–Kier alpha value is -3.25. The molecule has 0 atom stereocenters. The molecule has 150 valence electrons. The standard InChI is InChI=1S/C20H20N4O4S/c1-2-26-16-8-6-15(7-9-16)19-22-23-20(28-19)29-14-18(25)24(11-4-10-21)13-17-5-3-12-27-17/h3,5-9,12H,2,4,11,13-14H2,1H3. The van der Waals surface area contributed by atoms with Gasteiger partial charge in [-0.2, -0.15) is 5.26 Å². The Morgan fingerprint density at radius 2 is 2.10 bits per heavy atom. The van der Waals surface area contributed by atoms with Crippen molar-refractivity contribution in [1.29, 1.82) is 5.26 Å². The molecule has 0 bridgehead atoms. The van der Waals surface area contributed by atoms with Crippen LogP contribution in [0.15, 0.2) is 56.7 Å². The number of benzene rings is 1. The minimum Gasteiger partial charge on any atom is -0.494 e. The van der Waals surface area contributed by atoms with Crippen LogP contribution >= 0.6 is 11.8 Å². The highest BCUT2D eigenvalue weighted by atomic mass is 32.2. The minimum atomic E-state index is -0.137. The van der Waals surface area contributed by atoms with Crippen LogP contribution in [0.25, 0.3) is 11.5 Å². The van der Waals surface area contributed by atoms with Gasteiger partial charge in [0.15, 0.2) is 0 Å². The van der Waals surface area contributed by atoms with Crippen molar-refractivity contribution in [3.8, 4) is 23.3 Å². The van der Waals surface area contributed by atoms with Crippen LogP contribution in [0.4, 0.5) is 0 Å².